The van der Waals surface area contributed by atoms with Gasteiger partial charge in [-0.2, -0.15) is 0 Å². The lowest BCUT2D eigenvalue weighted by atomic mass is 10.2. The summed E-state index contributed by atoms with van der Waals surface area (Å²) in [7, 11) is 3.15. The van der Waals surface area contributed by atoms with Crippen molar-refractivity contribution in [2.45, 2.75) is 6.92 Å². The second-order valence-electron chi connectivity index (χ2n) is 4.90. The molecular weight excluding hydrogens is 314 g/mol. The van der Waals surface area contributed by atoms with E-state index in [1.54, 1.807) is 38.5 Å². The number of ether oxygens (including phenoxy) is 2. The number of anilines is 1. The molecule has 120 valence electrons. The van der Waals surface area contributed by atoms with E-state index in [0.717, 1.165) is 11.1 Å². The summed E-state index contributed by atoms with van der Waals surface area (Å²) in [4.78, 5) is 12.0. The summed E-state index contributed by atoms with van der Waals surface area (Å²) >= 11 is 6.04. The molecule has 0 aliphatic rings. The molecule has 0 spiro atoms. The Bertz CT molecular complexity index is 741. The van der Waals surface area contributed by atoms with E-state index in [1.165, 1.54) is 6.08 Å². The fourth-order valence-corrected chi connectivity index (χ4v) is 2.16. The first-order valence-corrected chi connectivity index (χ1v) is 7.38. The molecule has 0 aliphatic carbocycles. The molecule has 0 radical (unpaired) electrons. The molecule has 2 aromatic carbocycles. The topological polar surface area (TPSA) is 47.6 Å². The normalized spacial score (nSPS) is 10.6. The standard InChI is InChI=1S/C18H18ClNO3/c1-12-4-7-14(11-15(12)19)20-18(21)9-6-13-5-8-16(22-2)17(10-13)23-3/h4-11H,1-3H3,(H,20,21)/b9-6-. The average Bonchev–Trinajstić information content (AvgIpc) is 2.56. The highest BCUT2D eigenvalue weighted by atomic mass is 35.5. The lowest BCUT2D eigenvalue weighted by molar-refractivity contribution is -0.111. The molecule has 5 heteroatoms. The van der Waals surface area contributed by atoms with Gasteiger partial charge in [0.2, 0.25) is 5.91 Å². The van der Waals surface area contributed by atoms with Crippen LogP contribution in [0.1, 0.15) is 11.1 Å². The third kappa shape index (κ3) is 4.50. The third-order valence-electron chi connectivity index (χ3n) is 3.27. The van der Waals surface area contributed by atoms with Crippen LogP contribution in [0.15, 0.2) is 42.5 Å². The van der Waals surface area contributed by atoms with Gasteiger partial charge in [-0.05, 0) is 48.4 Å². The average molecular weight is 332 g/mol. The van der Waals surface area contributed by atoms with Crippen LogP contribution in [0.25, 0.3) is 6.08 Å². The van der Waals surface area contributed by atoms with Gasteiger partial charge in [0, 0.05) is 16.8 Å². The van der Waals surface area contributed by atoms with Gasteiger partial charge in [-0.25, -0.2) is 0 Å². The quantitative estimate of drug-likeness (QED) is 0.830. The second-order valence-corrected chi connectivity index (χ2v) is 5.31. The zero-order valence-corrected chi connectivity index (χ0v) is 14.0. The minimum absolute atomic E-state index is 0.236. The molecule has 2 rings (SSSR count). The molecule has 1 N–H and O–H groups in total. The minimum atomic E-state index is -0.236. The van der Waals surface area contributed by atoms with Crippen LogP contribution >= 0.6 is 11.6 Å². The molecule has 0 bridgehead atoms. The summed E-state index contributed by atoms with van der Waals surface area (Å²) in [5.74, 6) is 1.02. The molecule has 0 fully saturated rings. The number of nitrogens with one attached hydrogen (secondary N) is 1. The van der Waals surface area contributed by atoms with E-state index in [9.17, 15) is 4.79 Å². The van der Waals surface area contributed by atoms with Crippen molar-refractivity contribution in [1.29, 1.82) is 0 Å². The zero-order valence-electron chi connectivity index (χ0n) is 13.2. The molecule has 0 saturated heterocycles. The first kappa shape index (κ1) is 16.9. The van der Waals surface area contributed by atoms with Gasteiger partial charge in [0.05, 0.1) is 14.2 Å². The van der Waals surface area contributed by atoms with E-state index in [1.807, 2.05) is 25.1 Å². The minimum Gasteiger partial charge on any atom is -0.493 e. The lowest BCUT2D eigenvalue weighted by Gasteiger charge is -2.07. The Labute approximate surface area is 140 Å². The van der Waals surface area contributed by atoms with Crippen LogP contribution in [0.4, 0.5) is 5.69 Å². The van der Waals surface area contributed by atoms with Gasteiger partial charge in [-0.15, -0.1) is 0 Å². The summed E-state index contributed by atoms with van der Waals surface area (Å²) in [5.41, 5.74) is 2.45. The van der Waals surface area contributed by atoms with Crippen LogP contribution in [0.3, 0.4) is 0 Å². The molecule has 1 amide bonds. The number of methoxy groups -OCH3 is 2. The van der Waals surface area contributed by atoms with Crippen LogP contribution in [0.5, 0.6) is 11.5 Å². The Kier molecular flexibility index (Phi) is 5.66. The van der Waals surface area contributed by atoms with Crippen molar-refractivity contribution in [3.8, 4) is 11.5 Å². The number of rotatable bonds is 5. The molecule has 0 saturated carbocycles. The number of carbonyl (C=O) groups is 1. The molecule has 4 nitrogen and oxygen atoms in total. The van der Waals surface area contributed by atoms with Crippen molar-refractivity contribution in [3.63, 3.8) is 0 Å². The molecule has 2 aromatic rings. The van der Waals surface area contributed by atoms with Crippen LogP contribution < -0.4 is 14.8 Å². The second kappa shape index (κ2) is 7.70. The molecule has 0 unspecified atom stereocenters. The van der Waals surface area contributed by atoms with Gasteiger partial charge >= 0.3 is 0 Å². The van der Waals surface area contributed by atoms with Gasteiger partial charge in [0.1, 0.15) is 0 Å². The number of halogens is 1. The number of hydrogen-bond donors (Lipinski definition) is 1. The number of carbonyl (C=O) groups excluding carboxylic acids is 1. The van der Waals surface area contributed by atoms with E-state index in [0.29, 0.717) is 22.2 Å². The maximum Gasteiger partial charge on any atom is 0.248 e. The monoisotopic (exact) mass is 331 g/mol. The van der Waals surface area contributed by atoms with Gasteiger partial charge in [-0.1, -0.05) is 23.7 Å². The predicted octanol–water partition coefficient (Wildman–Crippen LogP) is 4.32. The van der Waals surface area contributed by atoms with Crippen molar-refractivity contribution < 1.29 is 14.3 Å². The van der Waals surface area contributed by atoms with E-state index >= 15 is 0 Å². The van der Waals surface area contributed by atoms with Crippen LogP contribution in [0, 0.1) is 6.92 Å². The fourth-order valence-electron chi connectivity index (χ4n) is 1.98. The Morgan fingerprint density at radius 2 is 1.83 bits per heavy atom. The number of amides is 1. The zero-order chi connectivity index (χ0) is 16.8. The van der Waals surface area contributed by atoms with Crippen molar-refractivity contribution in [2.75, 3.05) is 19.5 Å². The number of benzene rings is 2. The summed E-state index contributed by atoms with van der Waals surface area (Å²) in [6.45, 7) is 1.91. The largest absolute Gasteiger partial charge is 0.493 e. The maximum absolute atomic E-state index is 12.0. The highest BCUT2D eigenvalue weighted by Crippen LogP contribution is 2.28. The third-order valence-corrected chi connectivity index (χ3v) is 3.68. The van der Waals surface area contributed by atoms with Crippen molar-refractivity contribution in [3.05, 3.63) is 58.6 Å². The molecule has 0 heterocycles. The van der Waals surface area contributed by atoms with Crippen molar-refractivity contribution in [1.82, 2.24) is 0 Å². The Morgan fingerprint density at radius 3 is 2.48 bits per heavy atom. The molecular formula is C18H18ClNO3. The summed E-state index contributed by atoms with van der Waals surface area (Å²) in [5, 5.41) is 3.38. The predicted molar refractivity (Wildman–Crippen MR) is 93.4 cm³/mol. The van der Waals surface area contributed by atoms with E-state index < -0.39 is 0 Å². The fraction of sp³-hybridized carbons (Fsp3) is 0.167. The smallest absolute Gasteiger partial charge is 0.248 e. The number of aryl methyl sites for hydroxylation is 1. The SMILES string of the molecule is COc1ccc(/C=C\C(=O)Nc2ccc(C)c(Cl)c2)cc1OC. The molecule has 0 aliphatic heterocycles. The molecule has 0 atom stereocenters. The first-order chi connectivity index (χ1) is 11.0. The van der Waals surface area contributed by atoms with Gasteiger partial charge in [-0.3, -0.25) is 4.79 Å². The maximum atomic E-state index is 12.0. The first-order valence-electron chi connectivity index (χ1n) is 7.00. The van der Waals surface area contributed by atoms with E-state index in [-0.39, 0.29) is 5.91 Å². The van der Waals surface area contributed by atoms with Crippen LogP contribution in [-0.2, 0) is 4.79 Å². The van der Waals surface area contributed by atoms with Crippen molar-refractivity contribution >= 4 is 29.3 Å². The Hall–Kier alpha value is -2.46. The van der Waals surface area contributed by atoms with E-state index in [2.05, 4.69) is 5.32 Å². The highest BCUT2D eigenvalue weighted by molar-refractivity contribution is 6.31. The summed E-state index contributed by atoms with van der Waals surface area (Å²) < 4.78 is 10.4. The lowest BCUT2D eigenvalue weighted by Crippen LogP contribution is -2.07. The van der Waals surface area contributed by atoms with Crippen LogP contribution in [0.2, 0.25) is 5.02 Å². The van der Waals surface area contributed by atoms with Gasteiger partial charge in [0.15, 0.2) is 11.5 Å². The van der Waals surface area contributed by atoms with Crippen molar-refractivity contribution in [2.24, 2.45) is 0 Å². The Balaban J connectivity index is 2.07. The van der Waals surface area contributed by atoms with E-state index in [4.69, 9.17) is 21.1 Å². The summed E-state index contributed by atoms with van der Waals surface area (Å²) in [6, 6.07) is 10.8. The van der Waals surface area contributed by atoms with Gasteiger partial charge in [0.25, 0.3) is 0 Å². The van der Waals surface area contributed by atoms with Crippen LogP contribution in [-0.4, -0.2) is 20.1 Å². The summed E-state index contributed by atoms with van der Waals surface area (Å²) in [6.07, 6.45) is 3.15. The van der Waals surface area contributed by atoms with Gasteiger partial charge < -0.3 is 14.8 Å². The highest BCUT2D eigenvalue weighted by Gasteiger charge is 2.04. The molecule has 23 heavy (non-hydrogen) atoms. The Morgan fingerprint density at radius 1 is 1.09 bits per heavy atom. The molecule has 0 aromatic heterocycles. The number of hydrogen-bond acceptors (Lipinski definition) is 3.